The molecule has 0 fully saturated rings. The predicted molar refractivity (Wildman–Crippen MR) is 86.8 cm³/mol. The van der Waals surface area contributed by atoms with E-state index >= 15 is 0 Å². The van der Waals surface area contributed by atoms with E-state index in [9.17, 15) is 0 Å². The van der Waals surface area contributed by atoms with Crippen molar-refractivity contribution < 1.29 is 0 Å². The number of nitrogens with zero attached hydrogens (tertiary/aromatic N) is 2. The molecule has 0 spiro atoms. The molecule has 0 saturated heterocycles. The molecule has 0 radical (unpaired) electrons. The van der Waals surface area contributed by atoms with Gasteiger partial charge in [0.05, 0.1) is 6.54 Å². The van der Waals surface area contributed by atoms with Crippen LogP contribution in [0.25, 0.3) is 0 Å². The average Bonchev–Trinajstić information content (AvgIpc) is 2.85. The summed E-state index contributed by atoms with van der Waals surface area (Å²) in [5, 5.41) is 11.3. The minimum Gasteiger partial charge on any atom is -0.362 e. The number of thiocarbonyl (C=S) groups is 1. The van der Waals surface area contributed by atoms with Gasteiger partial charge in [-0.1, -0.05) is 44.2 Å². The maximum absolute atomic E-state index is 5.22. The quantitative estimate of drug-likeness (QED) is 0.830. The van der Waals surface area contributed by atoms with Gasteiger partial charge in [-0.15, -0.1) is 0 Å². The molecule has 1 heterocycles. The minimum atomic E-state index is 0.561. The van der Waals surface area contributed by atoms with Crippen molar-refractivity contribution in [2.75, 3.05) is 11.9 Å². The second kappa shape index (κ2) is 7.05. The molecular weight excluding hydrogens is 268 g/mol. The van der Waals surface area contributed by atoms with E-state index in [4.69, 9.17) is 12.2 Å². The molecule has 1 aromatic heterocycles. The van der Waals surface area contributed by atoms with Gasteiger partial charge in [-0.05, 0) is 23.7 Å². The van der Waals surface area contributed by atoms with Gasteiger partial charge in [0.2, 0.25) is 0 Å². The van der Waals surface area contributed by atoms with Crippen LogP contribution in [0.5, 0.6) is 0 Å². The number of aromatic nitrogens is 2. The van der Waals surface area contributed by atoms with E-state index in [0.29, 0.717) is 11.0 Å². The van der Waals surface area contributed by atoms with Crippen molar-refractivity contribution in [3.63, 3.8) is 0 Å². The molecule has 0 aliphatic rings. The van der Waals surface area contributed by atoms with Gasteiger partial charge in [-0.2, -0.15) is 5.10 Å². The fourth-order valence-electron chi connectivity index (χ4n) is 1.74. The number of hydrogen-bond donors (Lipinski definition) is 2. The molecule has 0 bridgehead atoms. The Morgan fingerprint density at radius 3 is 2.70 bits per heavy atom. The van der Waals surface area contributed by atoms with Crippen LogP contribution in [0.3, 0.4) is 0 Å². The van der Waals surface area contributed by atoms with Gasteiger partial charge >= 0.3 is 0 Å². The second-order valence-corrected chi connectivity index (χ2v) is 5.52. The van der Waals surface area contributed by atoms with Crippen LogP contribution in [0.1, 0.15) is 19.4 Å². The first-order chi connectivity index (χ1) is 9.63. The molecule has 1 aromatic carbocycles. The normalized spacial score (nSPS) is 10.6. The van der Waals surface area contributed by atoms with Crippen molar-refractivity contribution in [2.45, 2.75) is 20.4 Å². The zero-order valence-electron chi connectivity index (χ0n) is 11.8. The van der Waals surface area contributed by atoms with Gasteiger partial charge in [0.25, 0.3) is 0 Å². The van der Waals surface area contributed by atoms with Gasteiger partial charge in [-0.3, -0.25) is 4.68 Å². The van der Waals surface area contributed by atoms with Crippen LogP contribution in [0.15, 0.2) is 42.6 Å². The highest BCUT2D eigenvalue weighted by atomic mass is 32.1. The first-order valence-corrected chi connectivity index (χ1v) is 7.16. The van der Waals surface area contributed by atoms with Crippen molar-refractivity contribution in [3.05, 3.63) is 48.2 Å². The summed E-state index contributed by atoms with van der Waals surface area (Å²) >= 11 is 5.22. The zero-order chi connectivity index (χ0) is 14.4. The van der Waals surface area contributed by atoms with Crippen LogP contribution in [0, 0.1) is 5.92 Å². The van der Waals surface area contributed by atoms with E-state index in [1.165, 1.54) is 5.56 Å². The molecule has 2 N–H and O–H groups in total. The molecule has 0 amide bonds. The van der Waals surface area contributed by atoms with Crippen LogP contribution >= 0.6 is 12.2 Å². The molecule has 2 rings (SSSR count). The van der Waals surface area contributed by atoms with Crippen LogP contribution in [0.4, 0.5) is 5.82 Å². The Balaban J connectivity index is 1.87. The third kappa shape index (κ3) is 4.66. The van der Waals surface area contributed by atoms with Gasteiger partial charge in [0, 0.05) is 18.8 Å². The third-order valence-electron chi connectivity index (χ3n) is 2.74. The Bertz CT molecular complexity index is 548. The summed E-state index contributed by atoms with van der Waals surface area (Å²) in [6.45, 7) is 5.90. The Morgan fingerprint density at radius 2 is 2.00 bits per heavy atom. The van der Waals surface area contributed by atoms with E-state index in [2.05, 4.69) is 41.7 Å². The molecular formula is C15H20N4S. The summed E-state index contributed by atoms with van der Waals surface area (Å²) in [7, 11) is 0. The van der Waals surface area contributed by atoms with Crippen molar-refractivity contribution >= 4 is 23.1 Å². The Labute approximate surface area is 125 Å². The van der Waals surface area contributed by atoms with Gasteiger partial charge in [-0.25, -0.2) is 0 Å². The monoisotopic (exact) mass is 288 g/mol. The Kier molecular flexibility index (Phi) is 5.12. The fourth-order valence-corrected chi connectivity index (χ4v) is 1.93. The van der Waals surface area contributed by atoms with Crippen molar-refractivity contribution in [2.24, 2.45) is 5.92 Å². The average molecular weight is 288 g/mol. The van der Waals surface area contributed by atoms with E-state index in [0.717, 1.165) is 18.9 Å². The molecule has 0 unspecified atom stereocenters. The summed E-state index contributed by atoms with van der Waals surface area (Å²) in [5.74, 6) is 1.33. The largest absolute Gasteiger partial charge is 0.362 e. The van der Waals surface area contributed by atoms with Crippen molar-refractivity contribution in [1.29, 1.82) is 0 Å². The highest BCUT2D eigenvalue weighted by Gasteiger charge is 2.02. The summed E-state index contributed by atoms with van der Waals surface area (Å²) in [6, 6.07) is 12.2. The molecule has 106 valence electrons. The molecule has 20 heavy (non-hydrogen) atoms. The van der Waals surface area contributed by atoms with Gasteiger partial charge in [0.1, 0.15) is 0 Å². The number of rotatable bonds is 5. The maximum atomic E-state index is 5.22. The second-order valence-electron chi connectivity index (χ2n) is 5.11. The summed E-state index contributed by atoms with van der Waals surface area (Å²) in [4.78, 5) is 0. The molecule has 4 nitrogen and oxygen atoms in total. The lowest BCUT2D eigenvalue weighted by molar-refractivity contribution is 0.627. The number of benzene rings is 1. The van der Waals surface area contributed by atoms with Crippen LogP contribution in [-0.2, 0) is 6.54 Å². The maximum Gasteiger partial charge on any atom is 0.171 e. The Hall–Kier alpha value is -1.88. The van der Waals surface area contributed by atoms with E-state index < -0.39 is 0 Å². The lowest BCUT2D eigenvalue weighted by atomic mass is 10.2. The third-order valence-corrected chi connectivity index (χ3v) is 2.99. The van der Waals surface area contributed by atoms with Crippen molar-refractivity contribution in [3.8, 4) is 0 Å². The summed E-state index contributed by atoms with van der Waals surface area (Å²) < 4.78 is 1.89. The van der Waals surface area contributed by atoms with Crippen LogP contribution < -0.4 is 10.6 Å². The molecule has 0 aliphatic carbocycles. The molecule has 0 saturated carbocycles. The predicted octanol–water partition coefficient (Wildman–Crippen LogP) is 2.87. The fraction of sp³-hybridized carbons (Fsp3) is 0.333. The summed E-state index contributed by atoms with van der Waals surface area (Å²) in [6.07, 6.45) is 1.94. The minimum absolute atomic E-state index is 0.561. The van der Waals surface area contributed by atoms with E-state index in [-0.39, 0.29) is 0 Å². The van der Waals surface area contributed by atoms with Gasteiger partial charge in [0.15, 0.2) is 10.9 Å². The molecule has 5 heteroatoms. The highest BCUT2D eigenvalue weighted by Crippen LogP contribution is 2.06. The smallest absolute Gasteiger partial charge is 0.171 e. The lowest BCUT2D eigenvalue weighted by Gasteiger charge is -2.10. The number of nitrogens with one attached hydrogen (secondary N) is 2. The molecule has 0 atom stereocenters. The highest BCUT2D eigenvalue weighted by molar-refractivity contribution is 7.80. The van der Waals surface area contributed by atoms with E-state index in [1.807, 2.05) is 35.1 Å². The first-order valence-electron chi connectivity index (χ1n) is 6.75. The van der Waals surface area contributed by atoms with Crippen LogP contribution in [-0.4, -0.2) is 21.4 Å². The topological polar surface area (TPSA) is 41.9 Å². The molecule has 0 aliphatic heterocycles. The number of anilines is 1. The number of hydrogen-bond acceptors (Lipinski definition) is 2. The Morgan fingerprint density at radius 1 is 1.25 bits per heavy atom. The lowest BCUT2D eigenvalue weighted by Crippen LogP contribution is -2.31. The summed E-state index contributed by atoms with van der Waals surface area (Å²) in [5.41, 5.74) is 1.22. The van der Waals surface area contributed by atoms with Crippen LogP contribution in [0.2, 0.25) is 0 Å². The SMILES string of the molecule is CC(C)CNC(=S)Nc1ccn(Cc2ccccc2)n1. The van der Waals surface area contributed by atoms with Gasteiger partial charge < -0.3 is 10.6 Å². The van der Waals surface area contributed by atoms with E-state index in [1.54, 1.807) is 0 Å². The molecule has 2 aromatic rings. The standard InChI is InChI=1S/C15H20N4S/c1-12(2)10-16-15(20)17-14-8-9-19(18-14)11-13-6-4-3-5-7-13/h3-9,12H,10-11H2,1-2H3,(H2,16,17,18,20). The zero-order valence-corrected chi connectivity index (χ0v) is 12.7. The first kappa shape index (κ1) is 14.5. The van der Waals surface area contributed by atoms with Crippen molar-refractivity contribution in [1.82, 2.24) is 15.1 Å².